The second-order valence-corrected chi connectivity index (χ2v) is 5.49. The van der Waals surface area contributed by atoms with Crippen molar-refractivity contribution in [2.24, 2.45) is 0 Å². The van der Waals surface area contributed by atoms with Crippen LogP contribution in [0.3, 0.4) is 0 Å². The van der Waals surface area contributed by atoms with Crippen LogP contribution in [0.25, 0.3) is 0 Å². The van der Waals surface area contributed by atoms with E-state index in [9.17, 15) is 0 Å². The minimum absolute atomic E-state index is 0.459. The van der Waals surface area contributed by atoms with Gasteiger partial charge in [0.25, 0.3) is 0 Å². The zero-order valence-electron chi connectivity index (χ0n) is 12.1. The Balaban J connectivity index is 2.15. The van der Waals surface area contributed by atoms with Crippen molar-refractivity contribution in [2.45, 2.75) is 52.1 Å². The Morgan fingerprint density at radius 2 is 2.22 bits per heavy atom. The highest BCUT2D eigenvalue weighted by molar-refractivity contribution is 5.24. The van der Waals surface area contributed by atoms with Crippen molar-refractivity contribution < 1.29 is 4.42 Å². The van der Waals surface area contributed by atoms with Gasteiger partial charge in [0, 0.05) is 24.2 Å². The van der Waals surface area contributed by atoms with Gasteiger partial charge in [-0.05, 0) is 53.3 Å². The van der Waals surface area contributed by atoms with E-state index in [0.29, 0.717) is 12.1 Å². The molecule has 102 valence electrons. The maximum absolute atomic E-state index is 5.68. The number of hydrogen-bond donors (Lipinski definition) is 1. The maximum Gasteiger partial charge on any atom is 0.105 e. The van der Waals surface area contributed by atoms with Gasteiger partial charge >= 0.3 is 0 Å². The van der Waals surface area contributed by atoms with Crippen LogP contribution >= 0.6 is 0 Å². The van der Waals surface area contributed by atoms with Gasteiger partial charge < -0.3 is 9.73 Å². The molecule has 1 fully saturated rings. The van der Waals surface area contributed by atoms with Crippen molar-refractivity contribution in [3.63, 3.8) is 0 Å². The second-order valence-electron chi connectivity index (χ2n) is 5.49. The summed E-state index contributed by atoms with van der Waals surface area (Å²) in [5.41, 5.74) is 1.36. The highest BCUT2D eigenvalue weighted by atomic mass is 16.3. The number of furan rings is 1. The van der Waals surface area contributed by atoms with Gasteiger partial charge in [0.2, 0.25) is 0 Å². The first-order valence-electron chi connectivity index (χ1n) is 7.10. The van der Waals surface area contributed by atoms with Gasteiger partial charge in [0.15, 0.2) is 0 Å². The summed E-state index contributed by atoms with van der Waals surface area (Å²) in [4.78, 5) is 2.64. The molecule has 0 amide bonds. The molecule has 2 heterocycles. The van der Waals surface area contributed by atoms with Gasteiger partial charge in [-0.15, -0.1) is 0 Å². The van der Waals surface area contributed by atoms with Crippen molar-refractivity contribution in [3.05, 3.63) is 23.2 Å². The normalized spacial score (nSPS) is 23.2. The van der Waals surface area contributed by atoms with Crippen LogP contribution in [0, 0.1) is 13.8 Å². The van der Waals surface area contributed by atoms with Crippen molar-refractivity contribution >= 4 is 0 Å². The number of nitrogens with zero attached hydrogens (tertiary/aromatic N) is 1. The Bertz CT molecular complexity index is 384. The van der Waals surface area contributed by atoms with E-state index in [0.717, 1.165) is 18.1 Å². The third-order valence-electron chi connectivity index (χ3n) is 4.14. The smallest absolute Gasteiger partial charge is 0.105 e. The molecule has 0 aliphatic carbocycles. The Kier molecular flexibility index (Phi) is 4.46. The summed E-state index contributed by atoms with van der Waals surface area (Å²) >= 11 is 0. The molecule has 18 heavy (non-hydrogen) atoms. The van der Waals surface area contributed by atoms with E-state index in [1.165, 1.54) is 31.4 Å². The minimum Gasteiger partial charge on any atom is -0.466 e. The molecule has 2 atom stereocenters. The number of rotatable bonds is 4. The summed E-state index contributed by atoms with van der Waals surface area (Å²) < 4.78 is 5.68. The van der Waals surface area contributed by atoms with Gasteiger partial charge in [-0.1, -0.05) is 6.42 Å². The fraction of sp³-hybridized carbons (Fsp3) is 0.733. The third kappa shape index (κ3) is 2.78. The molecular weight excluding hydrogens is 224 g/mol. The average Bonchev–Trinajstić information content (AvgIpc) is 2.69. The fourth-order valence-electron chi connectivity index (χ4n) is 3.23. The van der Waals surface area contributed by atoms with Crippen molar-refractivity contribution in [3.8, 4) is 0 Å². The van der Waals surface area contributed by atoms with Crippen LogP contribution in [0.5, 0.6) is 0 Å². The Hall–Kier alpha value is -0.800. The van der Waals surface area contributed by atoms with Gasteiger partial charge in [0.05, 0.1) is 0 Å². The largest absolute Gasteiger partial charge is 0.466 e. The van der Waals surface area contributed by atoms with Gasteiger partial charge in [-0.25, -0.2) is 0 Å². The predicted octanol–water partition coefficient (Wildman–Crippen LogP) is 3.03. The summed E-state index contributed by atoms with van der Waals surface area (Å²) in [5.74, 6) is 2.10. The average molecular weight is 250 g/mol. The molecule has 1 saturated heterocycles. The quantitative estimate of drug-likeness (QED) is 0.890. The van der Waals surface area contributed by atoms with Gasteiger partial charge in [-0.2, -0.15) is 0 Å². The molecule has 3 nitrogen and oxygen atoms in total. The maximum atomic E-state index is 5.68. The van der Waals surface area contributed by atoms with Crippen LogP contribution in [-0.2, 0) is 0 Å². The Labute approximate surface area is 111 Å². The zero-order chi connectivity index (χ0) is 13.1. The van der Waals surface area contributed by atoms with E-state index in [-0.39, 0.29) is 0 Å². The summed E-state index contributed by atoms with van der Waals surface area (Å²) in [7, 11) is 2.05. The van der Waals surface area contributed by atoms with E-state index >= 15 is 0 Å². The molecule has 1 aliphatic rings. The number of likely N-dealkylation sites (tertiary alicyclic amines) is 1. The molecule has 2 rings (SSSR count). The predicted molar refractivity (Wildman–Crippen MR) is 74.9 cm³/mol. The fourth-order valence-corrected chi connectivity index (χ4v) is 3.23. The zero-order valence-corrected chi connectivity index (χ0v) is 12.1. The van der Waals surface area contributed by atoms with Crippen LogP contribution in [0.15, 0.2) is 10.5 Å². The number of hydrogen-bond acceptors (Lipinski definition) is 3. The Morgan fingerprint density at radius 1 is 1.44 bits per heavy atom. The van der Waals surface area contributed by atoms with Crippen molar-refractivity contribution in [2.75, 3.05) is 20.1 Å². The molecule has 0 spiro atoms. The summed E-state index contributed by atoms with van der Waals surface area (Å²) in [6.07, 6.45) is 3.99. The lowest BCUT2D eigenvalue weighted by molar-refractivity contribution is 0.102. The summed E-state index contributed by atoms with van der Waals surface area (Å²) in [6, 6.07) is 3.32. The number of aryl methyl sites for hydroxylation is 2. The molecule has 0 aromatic carbocycles. The first kappa shape index (κ1) is 13.6. The van der Waals surface area contributed by atoms with Crippen LogP contribution in [0.4, 0.5) is 0 Å². The topological polar surface area (TPSA) is 28.4 Å². The van der Waals surface area contributed by atoms with Crippen LogP contribution in [0.1, 0.15) is 49.3 Å². The standard InChI is InChI=1S/C15H26N2O/c1-11-9-15(13(3)18-11)12(2)17-8-6-5-7-14(17)10-16-4/h9,12,14,16H,5-8,10H2,1-4H3. The first-order valence-corrected chi connectivity index (χ1v) is 7.10. The highest BCUT2D eigenvalue weighted by Gasteiger charge is 2.28. The lowest BCUT2D eigenvalue weighted by Crippen LogP contribution is -2.45. The lowest BCUT2D eigenvalue weighted by atomic mass is 9.97. The number of piperidine rings is 1. The monoisotopic (exact) mass is 250 g/mol. The molecular formula is C15H26N2O. The minimum atomic E-state index is 0.459. The number of nitrogens with one attached hydrogen (secondary N) is 1. The third-order valence-corrected chi connectivity index (χ3v) is 4.14. The van der Waals surface area contributed by atoms with Crippen molar-refractivity contribution in [1.82, 2.24) is 10.2 Å². The molecule has 0 saturated carbocycles. The van der Waals surface area contributed by atoms with Gasteiger partial charge in [0.1, 0.15) is 11.5 Å². The van der Waals surface area contributed by atoms with E-state index in [1.807, 2.05) is 14.0 Å². The van der Waals surface area contributed by atoms with Crippen LogP contribution < -0.4 is 5.32 Å². The lowest BCUT2D eigenvalue weighted by Gasteiger charge is -2.39. The van der Waals surface area contributed by atoms with Gasteiger partial charge in [-0.3, -0.25) is 4.90 Å². The first-order chi connectivity index (χ1) is 8.63. The molecule has 3 heteroatoms. The van der Waals surface area contributed by atoms with Crippen LogP contribution in [-0.4, -0.2) is 31.1 Å². The van der Waals surface area contributed by atoms with E-state index in [1.54, 1.807) is 0 Å². The molecule has 1 N–H and O–H groups in total. The molecule has 1 aliphatic heterocycles. The second kappa shape index (κ2) is 5.89. The van der Waals surface area contributed by atoms with E-state index in [2.05, 4.69) is 30.1 Å². The van der Waals surface area contributed by atoms with Crippen molar-refractivity contribution in [1.29, 1.82) is 0 Å². The molecule has 0 bridgehead atoms. The highest BCUT2D eigenvalue weighted by Crippen LogP contribution is 2.31. The molecule has 0 radical (unpaired) electrons. The summed E-state index contributed by atoms with van der Waals surface area (Å²) in [6.45, 7) is 8.71. The van der Waals surface area contributed by atoms with Crippen LogP contribution in [0.2, 0.25) is 0 Å². The van der Waals surface area contributed by atoms with E-state index in [4.69, 9.17) is 4.42 Å². The number of likely N-dealkylation sites (N-methyl/N-ethyl adjacent to an activating group) is 1. The Morgan fingerprint density at radius 3 is 2.83 bits per heavy atom. The molecule has 2 unspecified atom stereocenters. The molecule has 1 aromatic heterocycles. The van der Waals surface area contributed by atoms with E-state index < -0.39 is 0 Å². The molecule has 1 aromatic rings. The summed E-state index contributed by atoms with van der Waals surface area (Å²) in [5, 5.41) is 3.33. The SMILES string of the molecule is CNCC1CCCCN1C(C)c1cc(C)oc1C.